The molecule has 1 aromatic heterocycles. The van der Waals surface area contributed by atoms with Crippen LogP contribution < -0.4 is 15.4 Å². The molecule has 0 spiro atoms. The summed E-state index contributed by atoms with van der Waals surface area (Å²) in [6, 6.07) is 8.75. The minimum atomic E-state index is 0. The fraction of sp³-hybridized carbons (Fsp3) is 0.524. The Labute approximate surface area is 195 Å². The maximum atomic E-state index is 5.32. The van der Waals surface area contributed by atoms with Gasteiger partial charge in [-0.25, -0.2) is 4.98 Å². The van der Waals surface area contributed by atoms with Gasteiger partial charge in [0.1, 0.15) is 10.8 Å². The molecule has 2 heterocycles. The third-order valence-electron chi connectivity index (χ3n) is 5.09. The topological polar surface area (TPSA) is 61.8 Å². The van der Waals surface area contributed by atoms with E-state index in [0.717, 1.165) is 36.4 Å². The first-order valence-corrected chi connectivity index (χ1v) is 10.7. The van der Waals surface area contributed by atoms with E-state index in [-0.39, 0.29) is 24.0 Å². The van der Waals surface area contributed by atoms with E-state index in [4.69, 9.17) is 4.74 Å². The van der Waals surface area contributed by atoms with Gasteiger partial charge in [0.25, 0.3) is 0 Å². The fourth-order valence-corrected chi connectivity index (χ4v) is 4.30. The van der Waals surface area contributed by atoms with Crippen molar-refractivity contribution >= 4 is 41.3 Å². The van der Waals surface area contributed by atoms with Crippen molar-refractivity contribution in [1.82, 2.24) is 20.5 Å². The smallest absolute Gasteiger partial charge is 0.191 e. The average Bonchev–Trinajstić information content (AvgIpc) is 3.16. The highest BCUT2D eigenvalue weighted by Gasteiger charge is 2.22. The Bertz CT molecular complexity index is 759. The highest BCUT2D eigenvalue weighted by Crippen LogP contribution is 2.25. The number of hydrogen-bond donors (Lipinski definition) is 2. The highest BCUT2D eigenvalue weighted by molar-refractivity contribution is 14.0. The van der Waals surface area contributed by atoms with Crippen LogP contribution in [0.4, 0.5) is 0 Å². The molecular weight excluding hydrogens is 497 g/mol. The van der Waals surface area contributed by atoms with Crippen LogP contribution in [0, 0.1) is 6.92 Å². The highest BCUT2D eigenvalue weighted by atomic mass is 127. The lowest BCUT2D eigenvalue weighted by Crippen LogP contribution is -2.44. The van der Waals surface area contributed by atoms with Gasteiger partial charge in [0.05, 0.1) is 19.7 Å². The van der Waals surface area contributed by atoms with E-state index in [9.17, 15) is 0 Å². The Kier molecular flexibility index (Phi) is 10.2. The van der Waals surface area contributed by atoms with Crippen LogP contribution >= 0.6 is 35.3 Å². The number of nitrogens with one attached hydrogen (secondary N) is 2. The predicted octanol–water partition coefficient (Wildman–Crippen LogP) is 3.97. The summed E-state index contributed by atoms with van der Waals surface area (Å²) in [4.78, 5) is 12.6. The van der Waals surface area contributed by atoms with Crippen molar-refractivity contribution in [3.8, 4) is 5.75 Å². The fourth-order valence-electron chi connectivity index (χ4n) is 3.57. The molecule has 1 atom stereocenters. The van der Waals surface area contributed by atoms with E-state index >= 15 is 0 Å². The molecule has 6 nitrogen and oxygen atoms in total. The van der Waals surface area contributed by atoms with E-state index in [1.54, 1.807) is 18.4 Å². The molecule has 1 unspecified atom stereocenters. The summed E-state index contributed by atoms with van der Waals surface area (Å²) in [6.45, 7) is 5.86. The van der Waals surface area contributed by atoms with Crippen molar-refractivity contribution < 1.29 is 4.74 Å². The van der Waals surface area contributed by atoms with Crippen molar-refractivity contribution in [2.45, 2.75) is 38.8 Å². The van der Waals surface area contributed by atoms with Crippen LogP contribution in [0.2, 0.25) is 0 Å². The summed E-state index contributed by atoms with van der Waals surface area (Å²) >= 11 is 1.71. The normalized spacial score (nSPS) is 16.0. The summed E-state index contributed by atoms with van der Waals surface area (Å²) in [5, 5.41) is 7.96. The lowest BCUT2D eigenvalue weighted by Gasteiger charge is -2.35. The van der Waals surface area contributed by atoms with Crippen LogP contribution in [0.3, 0.4) is 0 Å². The number of ether oxygens (including phenoxy) is 1. The van der Waals surface area contributed by atoms with Crippen LogP contribution in [0.1, 0.15) is 40.8 Å². The zero-order valence-electron chi connectivity index (χ0n) is 17.5. The second-order valence-electron chi connectivity index (χ2n) is 7.06. The summed E-state index contributed by atoms with van der Waals surface area (Å²) in [5.74, 6) is 1.70. The number of guanidine groups is 1. The number of aryl methyl sites for hydroxylation is 1. The number of rotatable bonds is 7. The number of methoxy groups -OCH3 is 1. The molecule has 1 aliphatic heterocycles. The minimum Gasteiger partial charge on any atom is -0.497 e. The number of aliphatic imine (C=N–C) groups is 1. The van der Waals surface area contributed by atoms with Gasteiger partial charge >= 0.3 is 0 Å². The molecular formula is C21H32IN5OS. The zero-order chi connectivity index (χ0) is 19.8. The number of thiazole rings is 1. The van der Waals surface area contributed by atoms with Gasteiger partial charge in [-0.15, -0.1) is 35.3 Å². The molecule has 1 aromatic carbocycles. The maximum Gasteiger partial charge on any atom is 0.191 e. The SMILES string of the molecule is CN=C(NCc1ncc(C)s1)NCC(c1ccc(OC)cc1)N1CCCCC1.I. The quantitative estimate of drug-likeness (QED) is 0.323. The minimum absolute atomic E-state index is 0. The Morgan fingerprint density at radius 2 is 1.93 bits per heavy atom. The number of piperidine rings is 1. The van der Waals surface area contributed by atoms with E-state index in [0.29, 0.717) is 12.6 Å². The first kappa shape index (κ1) is 23.9. The molecule has 8 heteroatoms. The molecule has 160 valence electrons. The summed E-state index contributed by atoms with van der Waals surface area (Å²) in [6.07, 6.45) is 5.77. The number of likely N-dealkylation sites (tertiary alicyclic amines) is 1. The van der Waals surface area contributed by atoms with Crippen LogP contribution in [-0.4, -0.2) is 49.6 Å². The van der Waals surface area contributed by atoms with Crippen LogP contribution in [-0.2, 0) is 6.54 Å². The van der Waals surface area contributed by atoms with Crippen molar-refractivity contribution in [3.63, 3.8) is 0 Å². The number of halogens is 1. The zero-order valence-corrected chi connectivity index (χ0v) is 20.6. The van der Waals surface area contributed by atoms with Crippen LogP contribution in [0.15, 0.2) is 35.5 Å². The Balaban J connectivity index is 0.00000300. The first-order chi connectivity index (χ1) is 13.7. The molecule has 2 aromatic rings. The average molecular weight is 529 g/mol. The second-order valence-corrected chi connectivity index (χ2v) is 8.38. The molecule has 1 aliphatic rings. The summed E-state index contributed by atoms with van der Waals surface area (Å²) in [7, 11) is 3.52. The lowest BCUT2D eigenvalue weighted by atomic mass is 10.0. The van der Waals surface area contributed by atoms with Gasteiger partial charge in [-0.05, 0) is 50.6 Å². The molecule has 1 fully saturated rings. The third kappa shape index (κ3) is 7.11. The number of benzene rings is 1. The Morgan fingerprint density at radius 3 is 2.52 bits per heavy atom. The van der Waals surface area contributed by atoms with Gasteiger partial charge in [0, 0.05) is 24.7 Å². The van der Waals surface area contributed by atoms with Gasteiger partial charge in [0.15, 0.2) is 5.96 Å². The summed E-state index contributed by atoms with van der Waals surface area (Å²) in [5.41, 5.74) is 1.31. The summed E-state index contributed by atoms with van der Waals surface area (Å²) < 4.78 is 5.32. The van der Waals surface area contributed by atoms with Crippen LogP contribution in [0.5, 0.6) is 5.75 Å². The molecule has 0 bridgehead atoms. The molecule has 0 aliphatic carbocycles. The molecule has 1 saturated heterocycles. The van der Waals surface area contributed by atoms with Crippen molar-refractivity contribution in [2.24, 2.45) is 4.99 Å². The lowest BCUT2D eigenvalue weighted by molar-refractivity contribution is 0.164. The van der Waals surface area contributed by atoms with Crippen molar-refractivity contribution in [2.75, 3.05) is 33.8 Å². The number of nitrogens with zero attached hydrogens (tertiary/aromatic N) is 3. The molecule has 0 radical (unpaired) electrons. The molecule has 0 amide bonds. The van der Waals surface area contributed by atoms with Crippen molar-refractivity contribution in [3.05, 3.63) is 45.9 Å². The van der Waals surface area contributed by atoms with Gasteiger partial charge < -0.3 is 15.4 Å². The van der Waals surface area contributed by atoms with Gasteiger partial charge in [-0.2, -0.15) is 0 Å². The van der Waals surface area contributed by atoms with E-state index in [2.05, 4.69) is 44.6 Å². The number of aromatic nitrogens is 1. The molecule has 2 N–H and O–H groups in total. The van der Waals surface area contributed by atoms with E-state index < -0.39 is 0 Å². The van der Waals surface area contributed by atoms with E-state index in [1.165, 1.54) is 29.7 Å². The second kappa shape index (κ2) is 12.3. The Hall–Kier alpha value is -1.39. The monoisotopic (exact) mass is 529 g/mol. The predicted molar refractivity (Wildman–Crippen MR) is 132 cm³/mol. The first-order valence-electron chi connectivity index (χ1n) is 9.93. The largest absolute Gasteiger partial charge is 0.497 e. The maximum absolute atomic E-state index is 5.32. The van der Waals surface area contributed by atoms with Gasteiger partial charge in [-0.1, -0.05) is 18.6 Å². The van der Waals surface area contributed by atoms with Crippen molar-refractivity contribution in [1.29, 1.82) is 0 Å². The van der Waals surface area contributed by atoms with Gasteiger partial charge in [-0.3, -0.25) is 9.89 Å². The molecule has 3 rings (SSSR count). The van der Waals surface area contributed by atoms with Gasteiger partial charge in [0.2, 0.25) is 0 Å². The molecule has 29 heavy (non-hydrogen) atoms. The Morgan fingerprint density at radius 1 is 1.21 bits per heavy atom. The molecule has 0 saturated carbocycles. The number of hydrogen-bond acceptors (Lipinski definition) is 5. The third-order valence-corrected chi connectivity index (χ3v) is 6.01. The van der Waals surface area contributed by atoms with Crippen LogP contribution in [0.25, 0.3) is 0 Å². The van der Waals surface area contributed by atoms with E-state index in [1.807, 2.05) is 25.4 Å². The standard InChI is InChI=1S/C21H31N5OS.HI/c1-16-13-23-20(28-16)15-25-21(22-2)24-14-19(26-11-5-4-6-12-26)17-7-9-18(27-3)10-8-17;/h7-10,13,19H,4-6,11-12,14-15H2,1-3H3,(H2,22,24,25);1H.